The van der Waals surface area contributed by atoms with Crippen molar-refractivity contribution in [3.63, 3.8) is 0 Å². The van der Waals surface area contributed by atoms with Gasteiger partial charge in [0.2, 0.25) is 0 Å². The average molecular weight is 1970 g/mol. The zero-order valence-electron chi connectivity index (χ0n) is 78.0. The van der Waals surface area contributed by atoms with Crippen LogP contribution in [0.25, 0.3) is 0 Å². The maximum absolute atomic E-state index is 13.9. The molecule has 37 nitrogen and oxygen atoms in total. The molecular weight excluding hydrogens is 1870 g/mol. The Bertz CT molecular complexity index is 4710. The van der Waals surface area contributed by atoms with Crippen LogP contribution in [0.1, 0.15) is 62.1 Å². The second-order valence-corrected chi connectivity index (χ2v) is 29.9. The van der Waals surface area contributed by atoms with E-state index in [4.69, 9.17) is 157 Å². The van der Waals surface area contributed by atoms with Crippen molar-refractivity contribution in [2.45, 2.75) is 36.6 Å². The largest absolute Gasteiger partial charge is 0.481 e. The van der Waals surface area contributed by atoms with Gasteiger partial charge in [0.1, 0.15) is 114 Å². The van der Waals surface area contributed by atoms with Gasteiger partial charge in [0.25, 0.3) is 0 Å². The van der Waals surface area contributed by atoms with Gasteiger partial charge in [0.05, 0.1) is 137 Å². The predicted octanol–water partition coefficient (Wildman–Crippen LogP) is 8.88. The standard InChI is InChI=1S/C106H106O37/c1-13-43-126-81-37-25-31-75(49-81)99(113)132-61-87(138-93(107)19-7)55-119-67-105(68-120-56-88(139-94(108)20-8)62-133-100(114)76-32-26-38-82(50-76)127-44-14-2,69-121-57-89(140-95(109)21-9)63-134-101(115)77-33-27-39-83(51-77)128-45-15-3)73-125-74-106(70-122-58-90(141-96(110)22-10)64-135-102(116)78-34-28-40-84(52-78)129-46-16-4,71-123-59-91(142-97(111)23-11)65-136-103(117)79-35-29-41-85(53-79)130-47-17-5)72-124-60-92(143-98(112)24-12)66-137-104(118)80-36-30-42-86(54-80)131-48-18-6/h1-6,19-42,49-54,87-92H,7-12,43-48,55-74H2. The van der Waals surface area contributed by atoms with E-state index in [1.165, 1.54) is 146 Å². The Morgan fingerprint density at radius 1 is 0.231 bits per heavy atom. The molecule has 0 aromatic heterocycles. The van der Waals surface area contributed by atoms with E-state index in [-0.39, 0.29) is 108 Å². The Kier molecular flexibility index (Phi) is 52.4. The van der Waals surface area contributed by atoms with E-state index in [2.05, 4.69) is 75.0 Å². The molecule has 0 aliphatic heterocycles. The Morgan fingerprint density at radius 2 is 0.378 bits per heavy atom. The molecule has 0 amide bonds. The normalized spacial score (nSPS) is 12.5. The topological polar surface area (TPSA) is 436 Å². The number of hydrogen-bond donors (Lipinski definition) is 0. The highest BCUT2D eigenvalue weighted by molar-refractivity contribution is 5.93. The molecule has 0 aliphatic carbocycles. The maximum atomic E-state index is 13.9. The van der Waals surface area contributed by atoms with Crippen molar-refractivity contribution >= 4 is 71.6 Å². The summed E-state index contributed by atoms with van der Waals surface area (Å²) in [6, 6.07) is 34.4. The van der Waals surface area contributed by atoms with Gasteiger partial charge in [0, 0.05) is 36.5 Å². The van der Waals surface area contributed by atoms with E-state index in [0.717, 1.165) is 36.5 Å². The number of esters is 12. The molecule has 0 spiro atoms. The third kappa shape index (κ3) is 44.3. The van der Waals surface area contributed by atoms with E-state index >= 15 is 0 Å². The van der Waals surface area contributed by atoms with E-state index in [0.29, 0.717) is 0 Å². The molecular formula is C106H106O37. The van der Waals surface area contributed by atoms with E-state index in [1.54, 1.807) is 0 Å². The SMILES string of the molecule is C#CCOc1cccc(C(=O)OCC(COCC(COCC(COC(=O)c2cccc(OCC#C)c2)OC(=O)C=C)(COCC(COC(=O)c2cccc(OCC#C)c2)OC(=O)C=C)COCC(COCC(COC(=O)c2cccc(OCC#C)c2)OC(=O)C=C)(COCC(COC(=O)c2cccc(OCC#C)c2)OC(=O)C=C)COCC(COC(=O)c2cccc(OCC#C)c2)OC(=O)C=C)OC(=O)C=C)c1. The zero-order valence-corrected chi connectivity index (χ0v) is 78.0. The number of ether oxygens (including phenoxy) is 25. The van der Waals surface area contributed by atoms with Crippen molar-refractivity contribution < 1.29 is 176 Å². The molecule has 6 atom stereocenters. The summed E-state index contributed by atoms with van der Waals surface area (Å²) in [5.74, 6) is 3.14. The van der Waals surface area contributed by atoms with Gasteiger partial charge in [-0.3, -0.25) is 0 Å². The molecule has 0 saturated heterocycles. The molecule has 752 valence electrons. The summed E-state index contributed by atoms with van der Waals surface area (Å²) in [5, 5.41) is 0. The summed E-state index contributed by atoms with van der Waals surface area (Å²) >= 11 is 0. The van der Waals surface area contributed by atoms with Crippen molar-refractivity contribution in [2.75, 3.05) is 172 Å². The van der Waals surface area contributed by atoms with Crippen LogP contribution in [0.4, 0.5) is 0 Å². The maximum Gasteiger partial charge on any atom is 0.338 e. The first kappa shape index (κ1) is 115. The Balaban J connectivity index is 1.58. The molecule has 37 heteroatoms. The minimum absolute atomic E-state index is 0.0375. The summed E-state index contributed by atoms with van der Waals surface area (Å²) < 4.78 is 148. The second kappa shape index (κ2) is 65.2. The fourth-order valence-electron chi connectivity index (χ4n) is 11.9. The van der Waals surface area contributed by atoms with Crippen LogP contribution >= 0.6 is 0 Å². The van der Waals surface area contributed by atoms with Crippen LogP contribution in [-0.4, -0.2) is 280 Å². The molecule has 6 aromatic rings. The Labute approximate surface area is 826 Å². The van der Waals surface area contributed by atoms with Gasteiger partial charge < -0.3 is 118 Å². The Morgan fingerprint density at radius 3 is 0.517 bits per heavy atom. The zero-order chi connectivity index (χ0) is 104. The van der Waals surface area contributed by atoms with E-state index < -0.39 is 251 Å². The van der Waals surface area contributed by atoms with Crippen molar-refractivity contribution in [1.82, 2.24) is 0 Å². The van der Waals surface area contributed by atoms with Crippen molar-refractivity contribution in [3.8, 4) is 109 Å². The van der Waals surface area contributed by atoms with Crippen LogP contribution in [0, 0.1) is 84.9 Å². The minimum Gasteiger partial charge on any atom is -0.481 e. The summed E-state index contributed by atoms with van der Waals surface area (Å²) in [5.41, 5.74) is -4.16. The fraction of sp³-hybridized carbons (Fsp3) is 0.321. The number of rotatable bonds is 70. The number of benzene rings is 6. The van der Waals surface area contributed by atoms with Gasteiger partial charge in [-0.15, -0.1) is 38.5 Å². The number of hydrogen-bond acceptors (Lipinski definition) is 37. The molecule has 6 rings (SSSR count). The second-order valence-electron chi connectivity index (χ2n) is 29.9. The van der Waals surface area contributed by atoms with Crippen molar-refractivity contribution in [3.05, 3.63) is 255 Å². The lowest BCUT2D eigenvalue weighted by Crippen LogP contribution is -2.48. The van der Waals surface area contributed by atoms with Crippen LogP contribution in [-0.2, 0) is 119 Å². The Hall–Kier alpha value is -16.7. The van der Waals surface area contributed by atoms with Crippen molar-refractivity contribution in [2.24, 2.45) is 10.8 Å². The molecule has 6 unspecified atom stereocenters. The van der Waals surface area contributed by atoms with Crippen molar-refractivity contribution in [1.29, 1.82) is 0 Å². The highest BCUT2D eigenvalue weighted by Gasteiger charge is 2.40. The van der Waals surface area contributed by atoms with Gasteiger partial charge in [-0.2, -0.15) is 0 Å². The quantitative estimate of drug-likeness (QED) is 0.0149. The van der Waals surface area contributed by atoms with Gasteiger partial charge >= 0.3 is 71.6 Å². The molecule has 6 aromatic carbocycles. The number of carbonyl (C=O) groups is 12. The smallest absolute Gasteiger partial charge is 0.338 e. The first-order chi connectivity index (χ1) is 69.2. The molecule has 0 fully saturated rings. The molecule has 0 N–H and O–H groups in total. The molecule has 143 heavy (non-hydrogen) atoms. The van der Waals surface area contributed by atoms with Gasteiger partial charge in [-0.25, -0.2) is 57.5 Å². The molecule has 0 bridgehead atoms. The third-order valence-corrected chi connectivity index (χ3v) is 18.5. The third-order valence-electron chi connectivity index (χ3n) is 18.5. The van der Waals surface area contributed by atoms with Crippen LogP contribution in [0.2, 0.25) is 0 Å². The highest BCUT2D eigenvalue weighted by atomic mass is 16.7. The molecule has 0 radical (unpaired) electrons. The monoisotopic (exact) mass is 1970 g/mol. The lowest BCUT2D eigenvalue weighted by atomic mass is 9.90. The van der Waals surface area contributed by atoms with E-state index in [9.17, 15) is 57.5 Å². The highest BCUT2D eigenvalue weighted by Crippen LogP contribution is 2.30. The predicted molar refractivity (Wildman–Crippen MR) is 507 cm³/mol. The first-order valence-corrected chi connectivity index (χ1v) is 43.2. The van der Waals surface area contributed by atoms with Gasteiger partial charge in [-0.05, 0) is 109 Å². The van der Waals surface area contributed by atoms with Crippen LogP contribution in [0.15, 0.2) is 222 Å². The lowest BCUT2D eigenvalue weighted by Gasteiger charge is -2.37. The molecule has 0 aliphatic rings. The summed E-state index contributed by atoms with van der Waals surface area (Å²) in [4.78, 5) is 163. The van der Waals surface area contributed by atoms with Gasteiger partial charge in [0.15, 0.2) is 36.6 Å². The molecule has 0 saturated carbocycles. The lowest BCUT2D eigenvalue weighted by molar-refractivity contribution is -0.173. The van der Waals surface area contributed by atoms with E-state index in [1.807, 2.05) is 0 Å². The summed E-state index contributed by atoms with van der Waals surface area (Å²) in [6.07, 6.45) is 28.2. The number of carbonyl (C=O) groups excluding carboxylic acids is 12. The summed E-state index contributed by atoms with van der Waals surface area (Å²) in [6.45, 7) is 5.62. The fourth-order valence-corrected chi connectivity index (χ4v) is 11.9. The summed E-state index contributed by atoms with van der Waals surface area (Å²) in [7, 11) is 0. The molecule has 0 heterocycles. The van der Waals surface area contributed by atoms with Crippen LogP contribution in [0.5, 0.6) is 34.5 Å². The van der Waals surface area contributed by atoms with Gasteiger partial charge in [-0.1, -0.05) is 111 Å². The average Bonchev–Trinajstić information content (AvgIpc) is 0.838. The van der Waals surface area contributed by atoms with Crippen LogP contribution in [0.3, 0.4) is 0 Å². The minimum atomic E-state index is -1.97. The van der Waals surface area contributed by atoms with Crippen LogP contribution < -0.4 is 28.4 Å². The number of terminal acetylenes is 6. The first-order valence-electron chi connectivity index (χ1n) is 43.2.